The van der Waals surface area contributed by atoms with E-state index in [-0.39, 0.29) is 103 Å². The summed E-state index contributed by atoms with van der Waals surface area (Å²) in [6, 6.07) is 18.0. The van der Waals surface area contributed by atoms with Gasteiger partial charge in [-0.15, -0.1) is 0 Å². The molecule has 5 heterocycles. The molecule has 2 fully saturated rings. The number of nitrogens with one attached hydrogen (secondary N) is 2. The van der Waals surface area contributed by atoms with Crippen LogP contribution in [0.15, 0.2) is 97.1 Å². The second kappa shape index (κ2) is 40.9. The molecule has 5 atom stereocenters. The Kier molecular flexibility index (Phi) is 32.9. The SMILES string of the molecule is C.COC(=O)[C@@H](N)Cc1ccc(-c2c(Cl)cc(F)cc2Cl)c2c1CCCO2.COC(=O)[C@H](Cc1ccc(-c2c(Cl)cc(F)cc2Cl)c2c1CCCO2)NC(=O)c1c(F)cc(N2CCOC[C@@H]2C)cc1F.C[C@H]1COCCN1c1cc(F)c(C(=O)N[C@@H](Cc2ccc(-c3c(Cl)cc(F)cc3Cl)c3c2CCCO3)C(=O)O)c(F)c1.[Na+].[OH-]. The van der Waals surface area contributed by atoms with Crippen molar-refractivity contribution < 1.29 is 128 Å². The third-order valence-electron chi connectivity index (χ3n) is 19.4. The van der Waals surface area contributed by atoms with Crippen LogP contribution in [-0.2, 0) is 71.9 Å². The fraction of sp³-hybridized carbons (Fsp3) is 0.346. The minimum atomic E-state index is -1.51. The topological polar surface area (TPSA) is 257 Å². The molecule has 8 aromatic rings. The van der Waals surface area contributed by atoms with E-state index in [0.29, 0.717) is 164 Å². The van der Waals surface area contributed by atoms with Gasteiger partial charge in [0.1, 0.15) is 87.2 Å². The maximum atomic E-state index is 15.2. The number of hydrogen-bond donors (Lipinski definition) is 4. The fourth-order valence-electron chi connectivity index (χ4n) is 14.2. The molecule has 0 aromatic heterocycles. The fourth-order valence-corrected chi connectivity index (χ4v) is 16.2. The molecule has 0 radical (unpaired) electrons. The number of rotatable bonds is 18. The summed E-state index contributed by atoms with van der Waals surface area (Å²) in [5.74, 6) is -9.40. The number of carbonyl (C=O) groups excluding carboxylic acids is 4. The van der Waals surface area contributed by atoms with Crippen molar-refractivity contribution in [2.45, 2.75) is 109 Å². The van der Waals surface area contributed by atoms with Crippen molar-refractivity contribution in [3.8, 4) is 50.6 Å². The number of carboxylic acids is 1. The molecule has 19 nitrogen and oxygen atoms in total. The largest absolute Gasteiger partial charge is 1.00 e. The summed E-state index contributed by atoms with van der Waals surface area (Å²) >= 11 is 37.8. The Bertz CT molecular complexity index is 4810. The molecule has 0 unspecified atom stereocenters. The Balaban J connectivity index is 0.000000218. The van der Waals surface area contributed by atoms with Crippen LogP contribution in [0.5, 0.6) is 17.2 Å². The summed E-state index contributed by atoms with van der Waals surface area (Å²) in [5.41, 5.74) is 12.3. The van der Waals surface area contributed by atoms with Gasteiger partial charge >= 0.3 is 47.5 Å². The summed E-state index contributed by atoms with van der Waals surface area (Å²) in [5, 5.41) is 15.4. The molecule has 2 saturated heterocycles. The molecule has 2 amide bonds. The van der Waals surface area contributed by atoms with Crippen LogP contribution in [0.1, 0.15) is 94.6 Å². The Morgan fingerprint density at radius 1 is 0.491 bits per heavy atom. The molecule has 13 rings (SSSR count). The molecule has 5 aliphatic rings. The van der Waals surface area contributed by atoms with Crippen molar-refractivity contribution in [2.75, 3.05) is 83.4 Å². The molecule has 33 heteroatoms. The van der Waals surface area contributed by atoms with Crippen molar-refractivity contribution in [3.05, 3.63) is 212 Å². The van der Waals surface area contributed by atoms with Crippen LogP contribution in [0.2, 0.25) is 30.1 Å². The van der Waals surface area contributed by atoms with Gasteiger partial charge in [-0.3, -0.25) is 14.4 Å². The van der Waals surface area contributed by atoms with Gasteiger partial charge in [-0.1, -0.05) is 113 Å². The number of nitrogens with two attached hydrogens (primary N) is 1. The number of aliphatic carboxylic acids is 1. The van der Waals surface area contributed by atoms with Crippen molar-refractivity contribution in [2.24, 2.45) is 5.73 Å². The van der Waals surface area contributed by atoms with Crippen LogP contribution >= 0.6 is 69.6 Å². The maximum Gasteiger partial charge on any atom is 1.00 e. The second-order valence-corrected chi connectivity index (χ2v) is 29.2. The first-order valence-electron chi connectivity index (χ1n) is 35.3. The van der Waals surface area contributed by atoms with Crippen molar-refractivity contribution in [3.63, 3.8) is 0 Å². The van der Waals surface area contributed by atoms with Gasteiger partial charge in [0.25, 0.3) is 11.8 Å². The average molecular weight is 1720 g/mol. The van der Waals surface area contributed by atoms with E-state index >= 15 is 17.6 Å². The molecule has 114 heavy (non-hydrogen) atoms. The number of carboxylic acid groups (broad SMARTS) is 1. The number of hydrogen-bond acceptors (Lipinski definition) is 16. The van der Waals surface area contributed by atoms with Crippen LogP contribution in [-0.4, -0.2) is 144 Å². The first-order valence-corrected chi connectivity index (χ1v) is 37.5. The molecular weight excluding hydrogens is 1640 g/mol. The normalized spacial score (nSPS) is 16.1. The monoisotopic (exact) mass is 1710 g/mol. The number of carbonyl (C=O) groups is 5. The van der Waals surface area contributed by atoms with Gasteiger partial charge < -0.3 is 69.9 Å². The number of halogens is 13. The quantitative estimate of drug-likeness (QED) is 0.0354. The van der Waals surface area contributed by atoms with Gasteiger partial charge in [0.2, 0.25) is 0 Å². The molecule has 0 saturated carbocycles. The van der Waals surface area contributed by atoms with Gasteiger partial charge in [0, 0.05) is 82.8 Å². The van der Waals surface area contributed by atoms with Crippen molar-refractivity contribution >= 4 is 111 Å². The van der Waals surface area contributed by atoms with Crippen LogP contribution in [0.3, 0.4) is 0 Å². The predicted molar refractivity (Wildman–Crippen MR) is 417 cm³/mol. The number of esters is 2. The van der Waals surface area contributed by atoms with Gasteiger partial charge in [0.15, 0.2) is 0 Å². The summed E-state index contributed by atoms with van der Waals surface area (Å²) in [6.45, 7) is 7.57. The molecule has 0 aliphatic carbocycles. The zero-order valence-corrected chi connectivity index (χ0v) is 68.1. The number of benzene rings is 8. The predicted octanol–water partition coefficient (Wildman–Crippen LogP) is 13.8. The van der Waals surface area contributed by atoms with Gasteiger partial charge in [-0.25, -0.2) is 40.3 Å². The molecule has 604 valence electrons. The van der Waals surface area contributed by atoms with E-state index in [9.17, 15) is 42.3 Å². The first-order chi connectivity index (χ1) is 53.0. The number of ether oxygens (including phenoxy) is 7. The van der Waals surface area contributed by atoms with Crippen LogP contribution < -0.4 is 69.9 Å². The summed E-state index contributed by atoms with van der Waals surface area (Å²) in [7, 11) is 2.46. The number of morpholine rings is 2. The Labute approximate surface area is 705 Å². The average Bonchev–Trinajstić information content (AvgIpc) is 0.768. The molecule has 5 aliphatic heterocycles. The number of nitrogens with zero attached hydrogens (tertiary/aromatic N) is 2. The van der Waals surface area contributed by atoms with E-state index in [0.717, 1.165) is 85.2 Å². The Morgan fingerprint density at radius 2 is 0.798 bits per heavy atom. The molecule has 8 aromatic carbocycles. The first kappa shape index (κ1) is 91.7. The Morgan fingerprint density at radius 3 is 1.11 bits per heavy atom. The zero-order chi connectivity index (χ0) is 79.8. The van der Waals surface area contributed by atoms with Crippen LogP contribution in [0, 0.1) is 40.7 Å². The maximum absolute atomic E-state index is 15.2. The minimum Gasteiger partial charge on any atom is -0.870 e. The minimum absolute atomic E-state index is 0. The third-order valence-corrected chi connectivity index (χ3v) is 21.2. The zero-order valence-electron chi connectivity index (χ0n) is 61.5. The van der Waals surface area contributed by atoms with E-state index in [1.54, 1.807) is 34.1 Å². The molecule has 6 N–H and O–H groups in total. The number of anilines is 2. The smallest absolute Gasteiger partial charge is 0.870 e. The Hall–Kier alpha value is -7.80. The van der Waals surface area contributed by atoms with E-state index in [1.165, 1.54) is 19.2 Å². The van der Waals surface area contributed by atoms with Gasteiger partial charge in [-0.2, -0.15) is 0 Å². The number of amides is 2. The number of methoxy groups -OCH3 is 2. The summed E-state index contributed by atoms with van der Waals surface area (Å²) < 4.78 is 140. The van der Waals surface area contributed by atoms with E-state index in [1.807, 2.05) is 26.0 Å². The van der Waals surface area contributed by atoms with Gasteiger partial charge in [0.05, 0.1) is 90.6 Å². The molecule has 0 spiro atoms. The van der Waals surface area contributed by atoms with E-state index < -0.39 is 99.7 Å². The van der Waals surface area contributed by atoms with E-state index in [2.05, 4.69) is 10.6 Å². The molecule has 0 bridgehead atoms. The third kappa shape index (κ3) is 20.9. The van der Waals surface area contributed by atoms with Crippen LogP contribution in [0.25, 0.3) is 33.4 Å². The van der Waals surface area contributed by atoms with Crippen molar-refractivity contribution in [1.82, 2.24) is 10.6 Å². The second-order valence-electron chi connectivity index (χ2n) is 26.8. The van der Waals surface area contributed by atoms with Gasteiger partial charge in [-0.05, 0) is 153 Å². The molecular formula is C81H79Cl6F7N5NaO14. The van der Waals surface area contributed by atoms with E-state index in [4.69, 9.17) is 108 Å². The van der Waals surface area contributed by atoms with Crippen LogP contribution in [0.4, 0.5) is 42.1 Å². The summed E-state index contributed by atoms with van der Waals surface area (Å²) in [6.07, 6.45) is 4.14. The standard InChI is InChI=1S/C31H29Cl2F3N2O5.C30H27Cl2F3N2O5.C19H18Cl2FNO3.CH4.Na.H2O/c1-16-15-42-9-7-38(16)19-13-24(35)28(25(36)14-19)30(39)37-26(31(40)41-2)10-17-5-6-21(29-20(17)4-3-8-43-29)27-22(32)11-18(34)12-23(27)33;1-15-14-41-8-6-37(15)18-12-23(34)27(24(35)13-18)29(38)36-25(30(39)40)9-16-4-5-20(28-19(16)3-2-7-42-28)26-21(31)10-17(33)11-22(26)32;1-25-19(24)16(23)7-10-4-5-13(18-12(10)3-2-6-26-18)17-14(20)8-11(22)9-15(17)21;;;/h5-6,11-14,16,26H,3-4,7-10,15H2,1-2H3,(H,37,39);4-5,10-13,15,25H,2-3,6-9,14H2,1H3,(H,36,38)(H,39,40);4-5,8-9,16H,2-3,6-7,23H2,1H3;1H4;;1H2/q;;;;+1;/p-1/t16-,26-;15-,25-;16-;;;/m000.../s1. The number of fused-ring (bicyclic) bond motifs is 3. The summed E-state index contributed by atoms with van der Waals surface area (Å²) in [4.78, 5) is 66.4. The van der Waals surface area contributed by atoms with Crippen molar-refractivity contribution in [1.29, 1.82) is 0 Å².